The molecular weight excluding hydrogens is 447 g/mol. The van der Waals surface area contributed by atoms with Gasteiger partial charge in [-0.3, -0.25) is 19.2 Å². The van der Waals surface area contributed by atoms with Crippen LogP contribution >= 0.6 is 12.6 Å². The van der Waals surface area contributed by atoms with E-state index in [4.69, 9.17) is 5.73 Å². The van der Waals surface area contributed by atoms with E-state index in [2.05, 4.69) is 28.6 Å². The van der Waals surface area contributed by atoms with Gasteiger partial charge in [-0.15, -0.1) is 0 Å². The molecule has 2 aromatic rings. The molecule has 0 aliphatic rings. The second-order valence-electron chi connectivity index (χ2n) is 7.46. The molecule has 0 bridgehead atoms. The average Bonchev–Trinajstić information content (AvgIpc) is 2.77. The summed E-state index contributed by atoms with van der Waals surface area (Å²) in [4.78, 5) is 49.3. The quantitative estimate of drug-likeness (QED) is 0.331. The van der Waals surface area contributed by atoms with E-state index >= 15 is 0 Å². The summed E-state index contributed by atoms with van der Waals surface area (Å²) in [6.45, 7) is 2.76. The highest BCUT2D eigenvalue weighted by atomic mass is 32.1. The molecule has 176 valence electrons. The Kier molecular flexibility index (Phi) is 9.41. The molecule has 5 N–H and O–H groups in total. The lowest BCUT2D eigenvalue weighted by molar-refractivity contribution is -0.130. The lowest BCUT2D eigenvalue weighted by atomic mass is 9.85. The number of nitrogens with one attached hydrogen (secondary N) is 3. The number of benzene rings is 2. The van der Waals surface area contributed by atoms with E-state index in [0.29, 0.717) is 5.56 Å². The molecule has 0 aliphatic carbocycles. The van der Waals surface area contributed by atoms with Crippen LogP contribution in [0.15, 0.2) is 54.6 Å². The number of carbonyl (C=O) groups excluding carboxylic acids is 4. The fraction of sp³-hybridized carbons (Fsp3) is 0.304. The molecule has 0 spiro atoms. The van der Waals surface area contributed by atoms with Crippen molar-refractivity contribution in [3.63, 3.8) is 0 Å². The Balaban J connectivity index is 2.56. The van der Waals surface area contributed by atoms with E-state index in [1.54, 1.807) is 36.4 Å². The van der Waals surface area contributed by atoms with Crippen LogP contribution in [-0.4, -0.2) is 41.5 Å². The minimum Gasteiger partial charge on any atom is -0.368 e. The summed E-state index contributed by atoms with van der Waals surface area (Å²) < 4.78 is 14.9. The Morgan fingerprint density at radius 1 is 0.939 bits per heavy atom. The predicted octanol–water partition coefficient (Wildman–Crippen LogP) is 1.19. The second-order valence-corrected chi connectivity index (χ2v) is 7.83. The highest BCUT2D eigenvalue weighted by Gasteiger charge is 2.36. The predicted molar refractivity (Wildman–Crippen MR) is 125 cm³/mol. The zero-order valence-electron chi connectivity index (χ0n) is 18.2. The number of hydrogen-bond donors (Lipinski definition) is 5. The number of nitrogens with two attached hydrogens (primary N) is 1. The van der Waals surface area contributed by atoms with Gasteiger partial charge < -0.3 is 21.7 Å². The van der Waals surface area contributed by atoms with E-state index in [1.165, 1.54) is 32.0 Å². The summed E-state index contributed by atoms with van der Waals surface area (Å²) in [5.41, 5.74) is 5.86. The number of primary amides is 1. The van der Waals surface area contributed by atoms with Crippen LogP contribution in [0.2, 0.25) is 0 Å². The van der Waals surface area contributed by atoms with Crippen LogP contribution in [0.1, 0.15) is 36.9 Å². The number of carbonyl (C=O) groups is 4. The van der Waals surface area contributed by atoms with Gasteiger partial charge in [0, 0.05) is 18.2 Å². The van der Waals surface area contributed by atoms with Gasteiger partial charge in [0.05, 0.1) is 12.0 Å². The van der Waals surface area contributed by atoms with Gasteiger partial charge in [0.25, 0.3) is 0 Å². The highest BCUT2D eigenvalue weighted by Crippen LogP contribution is 2.33. The van der Waals surface area contributed by atoms with E-state index in [9.17, 15) is 23.6 Å². The van der Waals surface area contributed by atoms with E-state index in [0.717, 1.165) is 0 Å². The minimum atomic E-state index is -1.26. The average molecular weight is 475 g/mol. The van der Waals surface area contributed by atoms with Crippen molar-refractivity contribution in [3.8, 4) is 0 Å². The molecule has 0 saturated carbocycles. The van der Waals surface area contributed by atoms with Crippen LogP contribution in [-0.2, 0) is 19.2 Å². The first-order valence-corrected chi connectivity index (χ1v) is 10.9. The van der Waals surface area contributed by atoms with Crippen LogP contribution < -0.4 is 21.7 Å². The first-order valence-electron chi connectivity index (χ1n) is 10.2. The number of thiol groups is 1. The molecule has 8 nitrogen and oxygen atoms in total. The Labute approximate surface area is 196 Å². The van der Waals surface area contributed by atoms with Crippen molar-refractivity contribution in [2.45, 2.75) is 37.9 Å². The summed E-state index contributed by atoms with van der Waals surface area (Å²) in [5, 5.41) is 7.73. The van der Waals surface area contributed by atoms with Crippen LogP contribution in [0.25, 0.3) is 0 Å². The van der Waals surface area contributed by atoms with Crippen molar-refractivity contribution >= 4 is 36.3 Å². The molecule has 10 heteroatoms. The third kappa shape index (κ3) is 7.04. The van der Waals surface area contributed by atoms with Crippen LogP contribution in [0.3, 0.4) is 0 Å². The normalized spacial score (nSPS) is 14.3. The lowest BCUT2D eigenvalue weighted by Crippen LogP contribution is -2.51. The molecule has 33 heavy (non-hydrogen) atoms. The molecule has 0 fully saturated rings. The van der Waals surface area contributed by atoms with E-state index < -0.39 is 53.5 Å². The van der Waals surface area contributed by atoms with Gasteiger partial charge >= 0.3 is 0 Å². The zero-order valence-corrected chi connectivity index (χ0v) is 19.1. The molecule has 4 atom stereocenters. The zero-order chi connectivity index (χ0) is 24.5. The fourth-order valence-corrected chi connectivity index (χ4v) is 3.61. The van der Waals surface area contributed by atoms with Crippen molar-refractivity contribution in [2.75, 3.05) is 5.75 Å². The summed E-state index contributed by atoms with van der Waals surface area (Å²) >= 11 is 4.04. The molecule has 4 amide bonds. The third-order valence-corrected chi connectivity index (χ3v) is 5.33. The maximum Gasteiger partial charge on any atom is 0.242 e. The topological polar surface area (TPSA) is 130 Å². The van der Waals surface area contributed by atoms with Crippen molar-refractivity contribution in [1.82, 2.24) is 16.0 Å². The minimum absolute atomic E-state index is 0.0127. The maximum absolute atomic E-state index is 14.9. The van der Waals surface area contributed by atoms with Gasteiger partial charge in [0.15, 0.2) is 0 Å². The number of hydrogen-bond acceptors (Lipinski definition) is 5. The molecule has 0 saturated heterocycles. The molecule has 0 unspecified atom stereocenters. The van der Waals surface area contributed by atoms with Crippen molar-refractivity contribution in [2.24, 2.45) is 5.73 Å². The SMILES string of the molecule is CC(=O)N[C@@H](C)C(=O)N[C@@H](c1ccccc1)[C@H](C(=O)N[C@H](CS)C(N)=O)c1ccccc1F. The van der Waals surface area contributed by atoms with Gasteiger partial charge in [-0.2, -0.15) is 12.6 Å². The van der Waals surface area contributed by atoms with Crippen molar-refractivity contribution < 1.29 is 23.6 Å². The summed E-state index contributed by atoms with van der Waals surface area (Å²) in [6, 6.07) is 11.2. The van der Waals surface area contributed by atoms with Crippen LogP contribution in [0, 0.1) is 5.82 Å². The van der Waals surface area contributed by atoms with E-state index in [-0.39, 0.29) is 11.3 Å². The summed E-state index contributed by atoms with van der Waals surface area (Å²) in [7, 11) is 0. The van der Waals surface area contributed by atoms with Crippen LogP contribution in [0.5, 0.6) is 0 Å². The Morgan fingerprint density at radius 3 is 2.09 bits per heavy atom. The molecule has 2 rings (SSSR count). The lowest BCUT2D eigenvalue weighted by Gasteiger charge is -2.30. The van der Waals surface area contributed by atoms with Gasteiger partial charge in [-0.1, -0.05) is 48.5 Å². The number of amides is 4. The van der Waals surface area contributed by atoms with Gasteiger partial charge in [0.1, 0.15) is 17.9 Å². The number of halogens is 1. The van der Waals surface area contributed by atoms with Gasteiger partial charge in [-0.25, -0.2) is 4.39 Å². The molecule has 2 aromatic carbocycles. The second kappa shape index (κ2) is 12.0. The largest absolute Gasteiger partial charge is 0.368 e. The standard InChI is InChI=1S/C23H27FN4O4S/c1-13(26-14(2)29)22(31)28-20(15-8-4-3-5-9-15)19(16-10-6-7-11-17(16)24)23(32)27-18(12-33)21(25)30/h3-11,13,18-20,33H,12H2,1-2H3,(H2,25,30)(H,26,29)(H,27,32)(H,28,31)/t13-,18+,19+,20-/m0/s1. The first kappa shape index (κ1) is 25.9. The van der Waals surface area contributed by atoms with Crippen molar-refractivity contribution in [3.05, 3.63) is 71.5 Å². The Morgan fingerprint density at radius 2 is 1.55 bits per heavy atom. The fourth-order valence-electron chi connectivity index (χ4n) is 3.34. The van der Waals surface area contributed by atoms with Crippen molar-refractivity contribution in [1.29, 1.82) is 0 Å². The first-order chi connectivity index (χ1) is 15.6. The molecule has 0 aliphatic heterocycles. The van der Waals surface area contributed by atoms with Gasteiger partial charge in [-0.05, 0) is 18.6 Å². The van der Waals surface area contributed by atoms with Crippen LogP contribution in [0.4, 0.5) is 4.39 Å². The highest BCUT2D eigenvalue weighted by molar-refractivity contribution is 7.80. The molecule has 0 heterocycles. The Hall–Kier alpha value is -3.40. The molecule has 0 aromatic heterocycles. The smallest absolute Gasteiger partial charge is 0.242 e. The monoisotopic (exact) mass is 474 g/mol. The summed E-state index contributed by atoms with van der Waals surface area (Å²) in [5.74, 6) is -4.49. The van der Waals surface area contributed by atoms with E-state index in [1.807, 2.05) is 0 Å². The summed E-state index contributed by atoms with van der Waals surface area (Å²) in [6.07, 6.45) is 0. The van der Waals surface area contributed by atoms with Gasteiger partial charge in [0.2, 0.25) is 23.6 Å². The number of rotatable bonds is 10. The molecule has 0 radical (unpaired) electrons. The third-order valence-electron chi connectivity index (χ3n) is 4.97. The molecular formula is C23H27FN4O4S. The maximum atomic E-state index is 14.9. The Bertz CT molecular complexity index is 1000.